The number of carbonyl (C=O) groups excluding carboxylic acids is 5. The van der Waals surface area contributed by atoms with Crippen LogP contribution in [-0.4, -0.2) is 138 Å². The summed E-state index contributed by atoms with van der Waals surface area (Å²) in [5.74, 6) is -7.93. The SMILES string of the molecule is COC1CC(C[C@H](C)[C@@H]2CC(=O)/C(C)=C/C(C)C(O)[C@@H](OC)C(=O)[C@H](C)C[C@H](C)C=CC=CC=C(C)[C@@H](OC)C[C@@H]3CC[C@@H](C)[C@@](O)(O3)C(=O)C(=O)N3CCCC[C@H]3C(=O)O2)CCC1OC1CC[C@H](c2ccccc2)OC1(C)C. The second-order valence-corrected chi connectivity index (χ2v) is 24.4. The molecule has 1 aliphatic carbocycles. The highest BCUT2D eigenvalue weighted by atomic mass is 16.6. The molecule has 0 spiro atoms. The van der Waals surface area contributed by atoms with Crippen LogP contribution in [0.1, 0.15) is 164 Å². The van der Waals surface area contributed by atoms with Gasteiger partial charge in [-0.2, -0.15) is 0 Å². The minimum Gasteiger partial charge on any atom is -0.460 e. The summed E-state index contributed by atoms with van der Waals surface area (Å²) in [5, 5.41) is 23.7. The van der Waals surface area contributed by atoms with Gasteiger partial charge in [0, 0.05) is 58.5 Å². The lowest BCUT2D eigenvalue weighted by molar-refractivity contribution is -0.265. The van der Waals surface area contributed by atoms with Crippen LogP contribution in [0.2, 0.25) is 0 Å². The molecule has 4 heterocycles. The summed E-state index contributed by atoms with van der Waals surface area (Å²) >= 11 is 0. The molecular weight excluding hydrogens is 1010 g/mol. The van der Waals surface area contributed by atoms with Crippen molar-refractivity contribution < 1.29 is 67.3 Å². The number of esters is 1. The molecule has 1 saturated carbocycles. The number of cyclic esters (lactones) is 1. The monoisotopic (exact) mass is 1100 g/mol. The van der Waals surface area contributed by atoms with Crippen LogP contribution in [0.3, 0.4) is 0 Å². The number of benzene rings is 1. The number of methoxy groups -OCH3 is 3. The molecule has 17 atom stereocenters. The number of hydrogen-bond donors (Lipinski definition) is 2. The minimum absolute atomic E-state index is 0.0119. The van der Waals surface area contributed by atoms with Crippen molar-refractivity contribution in [1.82, 2.24) is 4.90 Å². The first-order valence-electron chi connectivity index (χ1n) is 29.4. The van der Waals surface area contributed by atoms with E-state index in [1.54, 1.807) is 41.1 Å². The van der Waals surface area contributed by atoms with Crippen LogP contribution in [0.5, 0.6) is 0 Å². The van der Waals surface area contributed by atoms with Gasteiger partial charge in [-0.25, -0.2) is 4.79 Å². The first kappa shape index (κ1) is 64.0. The van der Waals surface area contributed by atoms with Crippen molar-refractivity contribution >= 4 is 29.2 Å². The molecule has 440 valence electrons. The minimum atomic E-state index is -2.44. The third kappa shape index (κ3) is 16.5. The topological polar surface area (TPSA) is 194 Å². The van der Waals surface area contributed by atoms with E-state index < -0.39 is 83.4 Å². The van der Waals surface area contributed by atoms with E-state index in [-0.39, 0.29) is 73.1 Å². The molecule has 4 aliphatic heterocycles. The van der Waals surface area contributed by atoms with E-state index >= 15 is 0 Å². The summed E-state index contributed by atoms with van der Waals surface area (Å²) in [4.78, 5) is 73.1. The van der Waals surface area contributed by atoms with Gasteiger partial charge in [0.2, 0.25) is 5.79 Å². The Morgan fingerprint density at radius 1 is 0.797 bits per heavy atom. The third-order valence-electron chi connectivity index (χ3n) is 17.9. The van der Waals surface area contributed by atoms with Crippen LogP contribution in [0, 0.1) is 35.5 Å². The van der Waals surface area contributed by atoms with E-state index in [9.17, 15) is 34.2 Å². The van der Waals surface area contributed by atoms with Gasteiger partial charge in [-0.05, 0) is 139 Å². The molecule has 3 saturated heterocycles. The van der Waals surface area contributed by atoms with Gasteiger partial charge in [-0.3, -0.25) is 19.2 Å². The Kier molecular flexibility index (Phi) is 23.6. The Bertz CT molecular complexity index is 2330. The Balaban J connectivity index is 1.25. The molecule has 2 bridgehead atoms. The Labute approximate surface area is 471 Å². The number of rotatable bonds is 9. The van der Waals surface area contributed by atoms with Gasteiger partial charge >= 0.3 is 5.97 Å². The lowest BCUT2D eigenvalue weighted by Gasteiger charge is -2.46. The second-order valence-electron chi connectivity index (χ2n) is 24.4. The zero-order valence-corrected chi connectivity index (χ0v) is 49.4. The van der Waals surface area contributed by atoms with Crippen LogP contribution in [0.25, 0.3) is 0 Å². The number of aliphatic hydroxyl groups is 2. The number of ether oxygens (including phenoxy) is 7. The van der Waals surface area contributed by atoms with Gasteiger partial charge in [0.1, 0.15) is 18.2 Å². The van der Waals surface area contributed by atoms with Crippen LogP contribution < -0.4 is 0 Å². The van der Waals surface area contributed by atoms with E-state index in [4.69, 9.17) is 33.2 Å². The molecule has 6 unspecified atom stereocenters. The van der Waals surface area contributed by atoms with Gasteiger partial charge in [-0.1, -0.05) is 101 Å². The lowest BCUT2D eigenvalue weighted by Crippen LogP contribution is -2.61. The van der Waals surface area contributed by atoms with Crippen LogP contribution in [0.4, 0.5) is 0 Å². The van der Waals surface area contributed by atoms with Gasteiger partial charge in [0.25, 0.3) is 11.7 Å². The van der Waals surface area contributed by atoms with E-state index in [1.807, 2.05) is 76.3 Å². The standard InChI is InChI=1S/C64H95NO14/c1-39-21-15-13-16-22-40(2)53(73-10)37-48-28-26-45(7)64(72,78-48)60(69)61(70)65-32-20-19-25-49(65)62(71)77-54(38-50(66)41(3)34-44(6)58(68)59(75-12)57(67)43(5)33-39)42(4)35-46-27-29-52(55(36-46)74-11)76-56-31-30-51(79-63(56,8)9)47-23-17-14-18-24-47/h13-18,21-24,34,39,42-46,48-49,51-56,58-59,68,72H,19-20,25-33,35-38H2,1-12H3/b16-13?,21-15?,40-22?,41-34+/t39-,42+,43-,44?,45-,46?,48+,49+,51-,52?,53+,54+,55?,56?,58?,59+,64-/m1/s1. The fourth-order valence-electron chi connectivity index (χ4n) is 12.8. The lowest BCUT2D eigenvalue weighted by atomic mass is 9.78. The molecule has 2 N–H and O–H groups in total. The molecule has 79 heavy (non-hydrogen) atoms. The van der Waals surface area contributed by atoms with E-state index in [1.165, 1.54) is 12.0 Å². The quantitative estimate of drug-likeness (QED) is 0.175. The molecule has 4 fully saturated rings. The van der Waals surface area contributed by atoms with Crippen molar-refractivity contribution in [2.45, 2.75) is 225 Å². The predicted octanol–water partition coefficient (Wildman–Crippen LogP) is 9.90. The third-order valence-corrected chi connectivity index (χ3v) is 17.9. The molecule has 6 rings (SSSR count). The number of amides is 1. The molecule has 1 aromatic rings. The molecule has 15 heteroatoms. The van der Waals surface area contributed by atoms with Crippen molar-refractivity contribution in [1.29, 1.82) is 0 Å². The number of aliphatic hydroxyl groups excluding tert-OH is 1. The van der Waals surface area contributed by atoms with E-state index in [0.717, 1.165) is 36.8 Å². The highest BCUT2D eigenvalue weighted by Gasteiger charge is 2.53. The summed E-state index contributed by atoms with van der Waals surface area (Å²) in [6.45, 7) is 17.1. The fourth-order valence-corrected chi connectivity index (χ4v) is 12.8. The number of ketones is 3. The van der Waals surface area contributed by atoms with E-state index in [0.29, 0.717) is 56.9 Å². The van der Waals surface area contributed by atoms with Crippen LogP contribution in [0.15, 0.2) is 77.9 Å². The smallest absolute Gasteiger partial charge is 0.329 e. The normalized spacial score (nSPS) is 37.6. The summed E-state index contributed by atoms with van der Waals surface area (Å²) < 4.78 is 43.8. The van der Waals surface area contributed by atoms with Crippen molar-refractivity contribution in [2.24, 2.45) is 35.5 Å². The van der Waals surface area contributed by atoms with Gasteiger partial charge in [0.05, 0.1) is 48.3 Å². The number of piperidine rings is 1. The second kappa shape index (κ2) is 29.2. The zero-order valence-electron chi connectivity index (χ0n) is 49.4. The summed E-state index contributed by atoms with van der Waals surface area (Å²) in [6.07, 6.45) is 13.7. The largest absolute Gasteiger partial charge is 0.460 e. The summed E-state index contributed by atoms with van der Waals surface area (Å²) in [6, 6.07) is 9.12. The molecule has 1 amide bonds. The first-order chi connectivity index (χ1) is 37.5. The number of fused-ring (bicyclic) bond motifs is 3. The molecule has 0 aromatic heterocycles. The Hall–Kier alpha value is -4.19. The van der Waals surface area contributed by atoms with Crippen LogP contribution in [-0.2, 0) is 57.1 Å². The van der Waals surface area contributed by atoms with E-state index in [2.05, 4.69) is 26.0 Å². The molecule has 5 aliphatic rings. The van der Waals surface area contributed by atoms with Gasteiger partial charge in [0.15, 0.2) is 11.6 Å². The number of nitrogens with zero attached hydrogens (tertiary/aromatic N) is 1. The van der Waals surface area contributed by atoms with Crippen molar-refractivity contribution in [3.63, 3.8) is 0 Å². The first-order valence-corrected chi connectivity index (χ1v) is 29.4. The molecule has 0 radical (unpaired) electrons. The summed E-state index contributed by atoms with van der Waals surface area (Å²) in [5.41, 5.74) is 1.83. The highest BCUT2D eigenvalue weighted by molar-refractivity contribution is 6.39. The highest BCUT2D eigenvalue weighted by Crippen LogP contribution is 2.42. The predicted molar refractivity (Wildman–Crippen MR) is 301 cm³/mol. The average molecular weight is 1100 g/mol. The van der Waals surface area contributed by atoms with Crippen molar-refractivity contribution in [3.8, 4) is 0 Å². The summed E-state index contributed by atoms with van der Waals surface area (Å²) in [7, 11) is 4.69. The maximum Gasteiger partial charge on any atom is 0.329 e. The van der Waals surface area contributed by atoms with Gasteiger partial charge < -0.3 is 48.3 Å². The molecular formula is C64H95NO14. The molecule has 1 aromatic carbocycles. The average Bonchev–Trinajstić information content (AvgIpc) is 3.44. The fraction of sp³-hybridized carbons (Fsp3) is 0.703. The number of allylic oxidation sites excluding steroid dienone is 6. The Morgan fingerprint density at radius 2 is 1.53 bits per heavy atom. The number of carbonyl (C=O) groups is 5. The van der Waals surface area contributed by atoms with Gasteiger partial charge in [-0.15, -0.1) is 0 Å². The molecule has 15 nitrogen and oxygen atoms in total. The Morgan fingerprint density at radius 3 is 2.22 bits per heavy atom. The van der Waals surface area contributed by atoms with Crippen molar-refractivity contribution in [3.05, 3.63) is 83.5 Å². The maximum atomic E-state index is 14.7. The number of hydrogen-bond acceptors (Lipinski definition) is 14. The zero-order chi connectivity index (χ0) is 57.8. The van der Waals surface area contributed by atoms with Crippen molar-refractivity contribution in [2.75, 3.05) is 27.9 Å². The number of Topliss-reactive ketones (excluding diaryl/α,β-unsaturated/α-hetero) is 3. The van der Waals surface area contributed by atoms with Crippen LogP contribution >= 0.6 is 0 Å². The maximum absolute atomic E-state index is 14.7.